The standard InChI is InChI=1S/C11H13N3O2S/c1-7(13-14-11(17)12-2)8-3-4-9-10(5-8)16-6-15-9/h3-5,13H,1,6H2,2H3,(H2,12,14,17). The second kappa shape index (κ2) is 4.92. The lowest BCUT2D eigenvalue weighted by Gasteiger charge is -2.12. The van der Waals surface area contributed by atoms with Crippen molar-refractivity contribution in [1.82, 2.24) is 16.2 Å². The first-order chi connectivity index (χ1) is 8.20. The summed E-state index contributed by atoms with van der Waals surface area (Å²) >= 11 is 4.93. The molecular formula is C11H13N3O2S. The second-order valence-corrected chi connectivity index (χ2v) is 3.78. The first-order valence-electron chi connectivity index (χ1n) is 5.03. The van der Waals surface area contributed by atoms with Crippen LogP contribution in [0.15, 0.2) is 24.8 Å². The van der Waals surface area contributed by atoms with Gasteiger partial charge < -0.3 is 14.8 Å². The average Bonchev–Trinajstić information content (AvgIpc) is 2.82. The van der Waals surface area contributed by atoms with Gasteiger partial charge in [-0.1, -0.05) is 6.58 Å². The maximum atomic E-state index is 5.29. The number of fused-ring (bicyclic) bond motifs is 1. The largest absolute Gasteiger partial charge is 0.454 e. The Kier molecular flexibility index (Phi) is 3.34. The number of nitrogens with one attached hydrogen (secondary N) is 3. The number of hydrogen-bond donors (Lipinski definition) is 3. The third-order valence-electron chi connectivity index (χ3n) is 2.28. The highest BCUT2D eigenvalue weighted by Gasteiger charge is 2.13. The Bertz CT molecular complexity index is 462. The molecule has 90 valence electrons. The number of hydrazine groups is 1. The van der Waals surface area contributed by atoms with Crippen LogP contribution >= 0.6 is 12.2 Å². The summed E-state index contributed by atoms with van der Waals surface area (Å²) in [4.78, 5) is 0. The van der Waals surface area contributed by atoms with Crippen molar-refractivity contribution in [3.63, 3.8) is 0 Å². The van der Waals surface area contributed by atoms with Crippen molar-refractivity contribution >= 4 is 23.0 Å². The molecule has 0 aromatic heterocycles. The molecule has 0 radical (unpaired) electrons. The smallest absolute Gasteiger partial charge is 0.231 e. The lowest BCUT2D eigenvalue weighted by Crippen LogP contribution is -2.41. The highest BCUT2D eigenvalue weighted by atomic mass is 32.1. The number of benzene rings is 1. The van der Waals surface area contributed by atoms with Gasteiger partial charge in [-0.2, -0.15) is 0 Å². The van der Waals surface area contributed by atoms with E-state index in [-0.39, 0.29) is 6.79 Å². The van der Waals surface area contributed by atoms with Crippen LogP contribution in [0, 0.1) is 0 Å². The van der Waals surface area contributed by atoms with E-state index in [9.17, 15) is 0 Å². The molecule has 0 atom stereocenters. The number of hydrogen-bond acceptors (Lipinski definition) is 4. The van der Waals surface area contributed by atoms with Crippen LogP contribution in [0.2, 0.25) is 0 Å². The van der Waals surface area contributed by atoms with Crippen molar-refractivity contribution in [1.29, 1.82) is 0 Å². The van der Waals surface area contributed by atoms with Crippen molar-refractivity contribution in [2.24, 2.45) is 0 Å². The van der Waals surface area contributed by atoms with Crippen molar-refractivity contribution < 1.29 is 9.47 Å². The summed E-state index contributed by atoms with van der Waals surface area (Å²) in [6, 6.07) is 5.61. The van der Waals surface area contributed by atoms with Gasteiger partial charge in [0.25, 0.3) is 0 Å². The van der Waals surface area contributed by atoms with E-state index in [1.54, 1.807) is 7.05 Å². The maximum Gasteiger partial charge on any atom is 0.231 e. The van der Waals surface area contributed by atoms with Gasteiger partial charge in [-0.05, 0) is 30.4 Å². The molecule has 0 spiro atoms. The Morgan fingerprint density at radius 2 is 2.06 bits per heavy atom. The van der Waals surface area contributed by atoms with E-state index in [1.807, 2.05) is 18.2 Å². The number of thiocarbonyl (C=S) groups is 1. The lowest BCUT2D eigenvalue weighted by molar-refractivity contribution is 0.174. The SMILES string of the molecule is C=C(NNC(=S)NC)c1ccc2c(c1)OCO2. The maximum absolute atomic E-state index is 5.29. The molecule has 17 heavy (non-hydrogen) atoms. The number of ether oxygens (including phenoxy) is 2. The third kappa shape index (κ3) is 2.59. The molecule has 5 nitrogen and oxygen atoms in total. The molecule has 0 unspecified atom stereocenters. The molecule has 0 saturated heterocycles. The van der Waals surface area contributed by atoms with E-state index in [0.29, 0.717) is 10.8 Å². The van der Waals surface area contributed by atoms with Gasteiger partial charge in [0.05, 0.1) is 5.70 Å². The first kappa shape index (κ1) is 11.5. The fraction of sp³-hybridized carbons (Fsp3) is 0.182. The van der Waals surface area contributed by atoms with Crippen LogP contribution in [0.5, 0.6) is 11.5 Å². The topological polar surface area (TPSA) is 54.5 Å². The van der Waals surface area contributed by atoms with Crippen molar-refractivity contribution in [2.45, 2.75) is 0 Å². The minimum Gasteiger partial charge on any atom is -0.454 e. The zero-order valence-corrected chi connectivity index (χ0v) is 10.2. The zero-order valence-electron chi connectivity index (χ0n) is 9.37. The molecule has 2 rings (SSSR count). The molecule has 1 aliphatic heterocycles. The summed E-state index contributed by atoms with van der Waals surface area (Å²) in [5, 5.41) is 3.28. The molecule has 3 N–H and O–H groups in total. The minimum atomic E-state index is 0.265. The van der Waals surface area contributed by atoms with Gasteiger partial charge in [-0.15, -0.1) is 0 Å². The van der Waals surface area contributed by atoms with Crippen molar-refractivity contribution in [2.75, 3.05) is 13.8 Å². The van der Waals surface area contributed by atoms with Crippen molar-refractivity contribution in [3.05, 3.63) is 30.3 Å². The van der Waals surface area contributed by atoms with Crippen LogP contribution in [0.4, 0.5) is 0 Å². The molecule has 1 aromatic rings. The molecule has 0 amide bonds. The zero-order chi connectivity index (χ0) is 12.3. The lowest BCUT2D eigenvalue weighted by atomic mass is 10.1. The van der Waals surface area contributed by atoms with Gasteiger partial charge in [0, 0.05) is 12.6 Å². The first-order valence-corrected chi connectivity index (χ1v) is 5.44. The van der Waals surface area contributed by atoms with Crippen LogP contribution < -0.4 is 25.6 Å². The van der Waals surface area contributed by atoms with Gasteiger partial charge in [0.2, 0.25) is 6.79 Å². The molecule has 0 bridgehead atoms. The fourth-order valence-corrected chi connectivity index (χ4v) is 1.40. The molecule has 6 heteroatoms. The van der Waals surface area contributed by atoms with Crippen LogP contribution in [-0.2, 0) is 0 Å². The monoisotopic (exact) mass is 251 g/mol. The Hall–Kier alpha value is -1.95. The molecule has 0 fully saturated rings. The normalized spacial score (nSPS) is 11.8. The van der Waals surface area contributed by atoms with E-state index in [4.69, 9.17) is 21.7 Å². The molecule has 1 aliphatic rings. The van der Waals surface area contributed by atoms with Gasteiger partial charge in [0.1, 0.15) is 0 Å². The van der Waals surface area contributed by atoms with Gasteiger partial charge in [-0.3, -0.25) is 10.9 Å². The Balaban J connectivity index is 2.02. The van der Waals surface area contributed by atoms with E-state index in [1.165, 1.54) is 0 Å². The van der Waals surface area contributed by atoms with E-state index < -0.39 is 0 Å². The highest BCUT2D eigenvalue weighted by molar-refractivity contribution is 7.80. The highest BCUT2D eigenvalue weighted by Crippen LogP contribution is 2.33. The predicted octanol–water partition coefficient (Wildman–Crippen LogP) is 0.984. The predicted molar refractivity (Wildman–Crippen MR) is 69.5 cm³/mol. The average molecular weight is 251 g/mol. The third-order valence-corrected chi connectivity index (χ3v) is 2.58. The Morgan fingerprint density at radius 1 is 1.29 bits per heavy atom. The summed E-state index contributed by atoms with van der Waals surface area (Å²) in [6.07, 6.45) is 0. The summed E-state index contributed by atoms with van der Waals surface area (Å²) in [5.41, 5.74) is 7.29. The Morgan fingerprint density at radius 3 is 2.82 bits per heavy atom. The molecular weight excluding hydrogens is 238 g/mol. The summed E-state index contributed by atoms with van der Waals surface area (Å²) in [7, 11) is 1.74. The quantitative estimate of drug-likeness (QED) is 0.550. The molecule has 1 aromatic carbocycles. The molecule has 1 heterocycles. The summed E-state index contributed by atoms with van der Waals surface area (Å²) in [6.45, 7) is 4.16. The summed E-state index contributed by atoms with van der Waals surface area (Å²) in [5.74, 6) is 1.47. The molecule has 0 saturated carbocycles. The van der Waals surface area contributed by atoms with Gasteiger partial charge in [0.15, 0.2) is 16.6 Å². The Labute approximate surface area is 105 Å². The molecule has 0 aliphatic carbocycles. The van der Waals surface area contributed by atoms with Crippen molar-refractivity contribution in [3.8, 4) is 11.5 Å². The van der Waals surface area contributed by atoms with E-state index in [2.05, 4.69) is 22.7 Å². The van der Waals surface area contributed by atoms with E-state index >= 15 is 0 Å². The van der Waals surface area contributed by atoms with Crippen LogP contribution in [0.25, 0.3) is 5.70 Å². The number of rotatable bonds is 3. The van der Waals surface area contributed by atoms with Crippen LogP contribution in [0.3, 0.4) is 0 Å². The second-order valence-electron chi connectivity index (χ2n) is 3.38. The van der Waals surface area contributed by atoms with Crippen LogP contribution in [-0.4, -0.2) is 19.0 Å². The van der Waals surface area contributed by atoms with E-state index in [0.717, 1.165) is 17.1 Å². The minimum absolute atomic E-state index is 0.265. The van der Waals surface area contributed by atoms with Gasteiger partial charge in [-0.25, -0.2) is 0 Å². The van der Waals surface area contributed by atoms with Crippen LogP contribution in [0.1, 0.15) is 5.56 Å². The fourth-order valence-electron chi connectivity index (χ4n) is 1.35. The summed E-state index contributed by atoms with van der Waals surface area (Å²) < 4.78 is 10.5. The van der Waals surface area contributed by atoms with Gasteiger partial charge >= 0.3 is 0 Å².